The first-order valence-electron chi connectivity index (χ1n) is 5.36. The van der Waals surface area contributed by atoms with Crippen LogP contribution in [0.4, 0.5) is 5.69 Å². The number of halogens is 1. The van der Waals surface area contributed by atoms with E-state index in [1.54, 1.807) is 6.92 Å². The first-order valence-corrected chi connectivity index (χ1v) is 5.74. The normalized spacial score (nSPS) is 11.9. The Labute approximate surface area is 113 Å². The molecule has 1 aromatic rings. The quantitative estimate of drug-likeness (QED) is 0.609. The summed E-state index contributed by atoms with van der Waals surface area (Å²) in [5.41, 5.74) is -0.192. The predicted octanol–water partition coefficient (Wildman–Crippen LogP) is 2.12. The Hall–Kier alpha value is -1.86. The van der Waals surface area contributed by atoms with E-state index in [0.29, 0.717) is 0 Å². The van der Waals surface area contributed by atoms with Crippen LogP contribution in [0, 0.1) is 10.1 Å². The van der Waals surface area contributed by atoms with Crippen molar-refractivity contribution in [2.45, 2.75) is 13.0 Å². The molecule has 0 aliphatic heterocycles. The van der Waals surface area contributed by atoms with Crippen LogP contribution in [0.5, 0.6) is 5.75 Å². The summed E-state index contributed by atoms with van der Waals surface area (Å²) in [6.45, 7) is 1.57. The molecule has 1 unspecified atom stereocenters. The fourth-order valence-corrected chi connectivity index (χ4v) is 1.45. The number of nitro groups is 1. The van der Waals surface area contributed by atoms with E-state index in [-0.39, 0.29) is 29.7 Å². The van der Waals surface area contributed by atoms with Crippen LogP contribution in [0.2, 0.25) is 5.02 Å². The topological polar surface area (TPSA) is 98.9 Å². The molecule has 0 aliphatic carbocycles. The number of ether oxygens (including phenoxy) is 2. The monoisotopic (exact) mass is 289 g/mol. The lowest BCUT2D eigenvalue weighted by molar-refractivity contribution is -0.384. The molecular weight excluding hydrogens is 278 g/mol. The Morgan fingerprint density at radius 3 is 2.79 bits per heavy atom. The minimum Gasteiger partial charge on any atom is -0.488 e. The molecular formula is C11H12ClNO6. The van der Waals surface area contributed by atoms with Crippen LogP contribution in [0.25, 0.3) is 0 Å². The summed E-state index contributed by atoms with van der Waals surface area (Å²) in [5, 5.41) is 19.6. The molecule has 7 nitrogen and oxygen atoms in total. The van der Waals surface area contributed by atoms with Crippen LogP contribution >= 0.6 is 11.6 Å². The molecule has 0 saturated carbocycles. The maximum atomic E-state index is 10.8. The van der Waals surface area contributed by atoms with Crippen LogP contribution in [-0.2, 0) is 9.53 Å². The van der Waals surface area contributed by atoms with Gasteiger partial charge >= 0.3 is 5.97 Å². The van der Waals surface area contributed by atoms with Gasteiger partial charge in [0.2, 0.25) is 0 Å². The van der Waals surface area contributed by atoms with E-state index in [1.165, 1.54) is 12.1 Å². The number of hydrogen-bond donors (Lipinski definition) is 1. The van der Waals surface area contributed by atoms with Gasteiger partial charge in [0, 0.05) is 12.7 Å². The van der Waals surface area contributed by atoms with Crippen LogP contribution in [-0.4, -0.2) is 35.3 Å². The van der Waals surface area contributed by atoms with Gasteiger partial charge in [-0.15, -0.1) is 0 Å². The predicted molar refractivity (Wildman–Crippen MR) is 66.7 cm³/mol. The molecule has 8 heteroatoms. The van der Waals surface area contributed by atoms with E-state index < -0.39 is 17.0 Å². The van der Waals surface area contributed by atoms with Gasteiger partial charge in [0.1, 0.15) is 12.4 Å². The molecule has 104 valence electrons. The Bertz CT molecular complexity index is 478. The highest BCUT2D eigenvalue weighted by Gasteiger charge is 2.19. The van der Waals surface area contributed by atoms with E-state index >= 15 is 0 Å². The number of benzene rings is 1. The van der Waals surface area contributed by atoms with Crippen molar-refractivity contribution in [2.24, 2.45) is 0 Å². The highest BCUT2D eigenvalue weighted by Crippen LogP contribution is 2.29. The zero-order valence-electron chi connectivity index (χ0n) is 10.0. The maximum absolute atomic E-state index is 10.8. The lowest BCUT2D eigenvalue weighted by Gasteiger charge is -2.14. The number of nitro benzene ring substituents is 1. The maximum Gasteiger partial charge on any atom is 0.336 e. The molecule has 1 atom stereocenters. The van der Waals surface area contributed by atoms with E-state index in [0.717, 1.165) is 6.07 Å². The molecule has 19 heavy (non-hydrogen) atoms. The van der Waals surface area contributed by atoms with Gasteiger partial charge in [-0.3, -0.25) is 10.1 Å². The molecule has 0 amide bonds. The molecule has 0 aliphatic rings. The summed E-state index contributed by atoms with van der Waals surface area (Å²) in [6, 6.07) is 3.67. The van der Waals surface area contributed by atoms with Crippen molar-refractivity contribution in [1.29, 1.82) is 0 Å². The third-order valence-corrected chi connectivity index (χ3v) is 2.47. The zero-order valence-corrected chi connectivity index (χ0v) is 10.8. The first-order chi connectivity index (χ1) is 8.95. The van der Waals surface area contributed by atoms with Gasteiger partial charge in [-0.05, 0) is 13.0 Å². The summed E-state index contributed by atoms with van der Waals surface area (Å²) < 4.78 is 10.1. The minimum absolute atomic E-state index is 0.0434. The van der Waals surface area contributed by atoms with Crippen molar-refractivity contribution >= 4 is 23.3 Å². The standard InChI is InChI=1S/C11H12ClNO6/c1-2-18-10(11(14)15)6-19-9-5-7(13(16)17)3-4-8(9)12/h3-5,10H,2,6H2,1H3,(H,14,15). The molecule has 0 radical (unpaired) electrons. The Kier molecular flexibility index (Phi) is 5.53. The largest absolute Gasteiger partial charge is 0.488 e. The SMILES string of the molecule is CCOC(COc1cc([N+](=O)[O-])ccc1Cl)C(=O)O. The molecule has 0 heterocycles. The van der Waals surface area contributed by atoms with Crippen LogP contribution < -0.4 is 4.74 Å². The summed E-state index contributed by atoms with van der Waals surface area (Å²) in [5.74, 6) is -1.13. The van der Waals surface area contributed by atoms with Crippen LogP contribution in [0.15, 0.2) is 18.2 Å². The van der Waals surface area contributed by atoms with E-state index in [4.69, 9.17) is 26.2 Å². The molecule has 1 rings (SSSR count). The average Bonchev–Trinajstić information content (AvgIpc) is 2.35. The zero-order chi connectivity index (χ0) is 14.4. The summed E-state index contributed by atoms with van der Waals surface area (Å²) in [4.78, 5) is 20.8. The fraction of sp³-hybridized carbons (Fsp3) is 0.364. The number of carboxylic acid groups (broad SMARTS) is 1. The lowest BCUT2D eigenvalue weighted by atomic mass is 10.3. The number of carboxylic acids is 1. The van der Waals surface area contributed by atoms with Crippen molar-refractivity contribution in [2.75, 3.05) is 13.2 Å². The molecule has 0 bridgehead atoms. The van der Waals surface area contributed by atoms with Gasteiger partial charge in [0.25, 0.3) is 5.69 Å². The number of non-ortho nitro benzene ring substituents is 1. The molecule has 0 saturated heterocycles. The minimum atomic E-state index is -1.18. The fourth-order valence-electron chi connectivity index (χ4n) is 1.27. The number of hydrogen-bond acceptors (Lipinski definition) is 5. The van der Waals surface area contributed by atoms with Crippen molar-refractivity contribution in [3.05, 3.63) is 33.3 Å². The Balaban J connectivity index is 2.78. The first kappa shape index (κ1) is 15.2. The number of aliphatic carboxylic acids is 1. The lowest BCUT2D eigenvalue weighted by Crippen LogP contribution is -2.30. The molecule has 0 spiro atoms. The smallest absolute Gasteiger partial charge is 0.336 e. The summed E-state index contributed by atoms with van der Waals surface area (Å²) >= 11 is 5.81. The van der Waals surface area contributed by atoms with Gasteiger partial charge in [-0.25, -0.2) is 4.79 Å². The Morgan fingerprint density at radius 1 is 1.58 bits per heavy atom. The van der Waals surface area contributed by atoms with Crippen molar-refractivity contribution in [1.82, 2.24) is 0 Å². The van der Waals surface area contributed by atoms with E-state index in [1.807, 2.05) is 0 Å². The third-order valence-electron chi connectivity index (χ3n) is 2.16. The second-order valence-corrected chi connectivity index (χ2v) is 3.87. The third kappa shape index (κ3) is 4.38. The van der Waals surface area contributed by atoms with E-state index in [2.05, 4.69) is 0 Å². The number of nitrogens with zero attached hydrogens (tertiary/aromatic N) is 1. The van der Waals surface area contributed by atoms with Crippen molar-refractivity contribution in [3.63, 3.8) is 0 Å². The Morgan fingerprint density at radius 2 is 2.26 bits per heavy atom. The second-order valence-electron chi connectivity index (χ2n) is 3.47. The van der Waals surface area contributed by atoms with Gasteiger partial charge in [-0.2, -0.15) is 0 Å². The average molecular weight is 290 g/mol. The summed E-state index contributed by atoms with van der Waals surface area (Å²) in [7, 11) is 0. The van der Waals surface area contributed by atoms with Crippen LogP contribution in [0.1, 0.15) is 6.92 Å². The van der Waals surface area contributed by atoms with Gasteiger partial charge in [0.15, 0.2) is 6.10 Å². The van der Waals surface area contributed by atoms with E-state index in [9.17, 15) is 14.9 Å². The second kappa shape index (κ2) is 6.91. The van der Waals surface area contributed by atoms with Crippen molar-refractivity contribution in [3.8, 4) is 5.75 Å². The number of carbonyl (C=O) groups is 1. The molecule has 1 aromatic carbocycles. The van der Waals surface area contributed by atoms with Gasteiger partial charge < -0.3 is 14.6 Å². The highest BCUT2D eigenvalue weighted by atomic mass is 35.5. The van der Waals surface area contributed by atoms with Crippen molar-refractivity contribution < 1.29 is 24.3 Å². The molecule has 0 fully saturated rings. The van der Waals surface area contributed by atoms with Gasteiger partial charge in [0.05, 0.1) is 16.0 Å². The molecule has 0 aromatic heterocycles. The van der Waals surface area contributed by atoms with Crippen LogP contribution in [0.3, 0.4) is 0 Å². The van der Waals surface area contributed by atoms with Gasteiger partial charge in [-0.1, -0.05) is 11.6 Å². The number of rotatable bonds is 7. The molecule has 1 N–H and O–H groups in total. The summed E-state index contributed by atoms with van der Waals surface area (Å²) in [6.07, 6.45) is -1.15. The highest BCUT2D eigenvalue weighted by molar-refractivity contribution is 6.32.